The molecule has 0 fully saturated rings. The van der Waals surface area contributed by atoms with Crippen molar-refractivity contribution in [2.45, 2.75) is 10.1 Å². The molecule has 0 radical (unpaired) electrons. The standard InChI is InChI=1S/C16H13N3O3S2/c20-14(9-8-13-7-4-10-22-13)17-15-18-19-16(23-15)24(21)11-12-5-2-1-3-6-12/h1-10H,11H2,(H,17,18,20)/b9-8-/t24-/m0/s1. The van der Waals surface area contributed by atoms with Crippen molar-refractivity contribution in [2.24, 2.45) is 0 Å². The van der Waals surface area contributed by atoms with Crippen molar-refractivity contribution < 1.29 is 13.4 Å². The van der Waals surface area contributed by atoms with Gasteiger partial charge >= 0.3 is 0 Å². The molecule has 24 heavy (non-hydrogen) atoms. The van der Waals surface area contributed by atoms with Crippen molar-refractivity contribution in [2.75, 3.05) is 5.32 Å². The summed E-state index contributed by atoms with van der Waals surface area (Å²) in [6.07, 6.45) is 4.41. The van der Waals surface area contributed by atoms with Crippen LogP contribution in [0.3, 0.4) is 0 Å². The minimum Gasteiger partial charge on any atom is -0.465 e. The molecular formula is C16H13N3O3S2. The molecule has 0 unspecified atom stereocenters. The fourth-order valence-corrected chi connectivity index (χ4v) is 3.85. The van der Waals surface area contributed by atoms with E-state index < -0.39 is 10.8 Å². The lowest BCUT2D eigenvalue weighted by molar-refractivity contribution is -0.111. The molecule has 3 aromatic rings. The lowest BCUT2D eigenvalue weighted by Gasteiger charge is -1.97. The van der Waals surface area contributed by atoms with Crippen molar-refractivity contribution in [3.05, 3.63) is 66.1 Å². The molecule has 3 rings (SSSR count). The van der Waals surface area contributed by atoms with Gasteiger partial charge in [-0.1, -0.05) is 41.7 Å². The third-order valence-corrected chi connectivity index (χ3v) is 5.42. The Labute approximate surface area is 144 Å². The number of nitrogens with zero attached hydrogens (tertiary/aromatic N) is 2. The SMILES string of the molecule is O=C(/C=C\c1ccco1)Nc1nnc([S@@](=O)Cc2ccccc2)s1. The summed E-state index contributed by atoms with van der Waals surface area (Å²) >= 11 is 1.10. The third-order valence-electron chi connectivity index (χ3n) is 2.91. The summed E-state index contributed by atoms with van der Waals surface area (Å²) in [7, 11) is -1.30. The fraction of sp³-hybridized carbons (Fsp3) is 0.0625. The quantitative estimate of drug-likeness (QED) is 0.540. The van der Waals surface area contributed by atoms with E-state index >= 15 is 0 Å². The molecule has 8 heteroatoms. The molecule has 1 atom stereocenters. The molecule has 0 aliphatic carbocycles. The van der Waals surface area contributed by atoms with Gasteiger partial charge in [0.2, 0.25) is 15.4 Å². The Morgan fingerprint density at radius 3 is 2.79 bits per heavy atom. The first-order valence-corrected chi connectivity index (χ1v) is 9.12. The van der Waals surface area contributed by atoms with Gasteiger partial charge in [0.1, 0.15) is 5.76 Å². The zero-order valence-electron chi connectivity index (χ0n) is 12.4. The molecule has 1 amide bonds. The molecule has 0 saturated carbocycles. The summed E-state index contributed by atoms with van der Waals surface area (Å²) in [5.74, 6) is 0.581. The van der Waals surface area contributed by atoms with Crippen molar-refractivity contribution in [1.82, 2.24) is 10.2 Å². The Morgan fingerprint density at radius 1 is 1.21 bits per heavy atom. The lowest BCUT2D eigenvalue weighted by Crippen LogP contribution is -2.07. The van der Waals surface area contributed by atoms with E-state index in [0.717, 1.165) is 16.9 Å². The Morgan fingerprint density at radius 2 is 2.04 bits per heavy atom. The van der Waals surface area contributed by atoms with Crippen LogP contribution in [0.4, 0.5) is 5.13 Å². The molecule has 1 N–H and O–H groups in total. The number of aromatic nitrogens is 2. The maximum absolute atomic E-state index is 12.3. The van der Waals surface area contributed by atoms with E-state index in [1.54, 1.807) is 18.2 Å². The van der Waals surface area contributed by atoms with Crippen LogP contribution in [0.2, 0.25) is 0 Å². The monoisotopic (exact) mass is 359 g/mol. The van der Waals surface area contributed by atoms with Crippen LogP contribution in [-0.2, 0) is 21.3 Å². The molecule has 122 valence electrons. The number of rotatable bonds is 6. The molecule has 0 aliphatic heterocycles. The average molecular weight is 359 g/mol. The van der Waals surface area contributed by atoms with E-state index in [9.17, 15) is 9.00 Å². The Balaban J connectivity index is 1.59. The van der Waals surface area contributed by atoms with Crippen molar-refractivity contribution >= 4 is 39.3 Å². The second kappa shape index (κ2) is 7.80. The van der Waals surface area contributed by atoms with Gasteiger partial charge in [-0.2, -0.15) is 0 Å². The van der Waals surface area contributed by atoms with E-state index in [1.165, 1.54) is 12.3 Å². The largest absolute Gasteiger partial charge is 0.465 e. The molecular weight excluding hydrogens is 346 g/mol. The molecule has 0 bridgehead atoms. The molecule has 0 spiro atoms. The Hall–Kier alpha value is -2.58. The highest BCUT2D eigenvalue weighted by Gasteiger charge is 2.13. The van der Waals surface area contributed by atoms with Crippen molar-refractivity contribution in [1.29, 1.82) is 0 Å². The maximum atomic E-state index is 12.3. The predicted molar refractivity (Wildman–Crippen MR) is 92.8 cm³/mol. The summed E-state index contributed by atoms with van der Waals surface area (Å²) in [5, 5.41) is 10.6. The second-order valence-electron chi connectivity index (χ2n) is 4.69. The van der Waals surface area contributed by atoms with Crippen LogP contribution in [0, 0.1) is 0 Å². The smallest absolute Gasteiger partial charge is 0.250 e. The van der Waals surface area contributed by atoms with Gasteiger partial charge in [0, 0.05) is 6.08 Å². The van der Waals surface area contributed by atoms with E-state index in [4.69, 9.17) is 4.42 Å². The molecule has 0 aliphatic rings. The minimum atomic E-state index is -1.30. The van der Waals surface area contributed by atoms with Crippen LogP contribution < -0.4 is 5.32 Å². The number of nitrogens with one attached hydrogen (secondary N) is 1. The Kier molecular flexibility index (Phi) is 5.29. The van der Waals surface area contributed by atoms with E-state index in [0.29, 0.717) is 21.0 Å². The first-order valence-electron chi connectivity index (χ1n) is 6.99. The zero-order chi connectivity index (χ0) is 16.8. The van der Waals surface area contributed by atoms with Gasteiger partial charge in [-0.05, 0) is 23.8 Å². The van der Waals surface area contributed by atoms with E-state index in [2.05, 4.69) is 15.5 Å². The van der Waals surface area contributed by atoms with Gasteiger partial charge in [-0.25, -0.2) is 0 Å². The summed E-state index contributed by atoms with van der Waals surface area (Å²) in [4.78, 5) is 11.8. The van der Waals surface area contributed by atoms with Crippen LogP contribution in [-0.4, -0.2) is 20.3 Å². The summed E-state index contributed by atoms with van der Waals surface area (Å²) < 4.78 is 17.7. The van der Waals surface area contributed by atoms with Gasteiger partial charge in [0.15, 0.2) is 0 Å². The van der Waals surface area contributed by atoms with Crippen molar-refractivity contribution in [3.8, 4) is 0 Å². The average Bonchev–Trinajstić information content (AvgIpc) is 3.25. The predicted octanol–water partition coefficient (Wildman–Crippen LogP) is 3.09. The van der Waals surface area contributed by atoms with Gasteiger partial charge in [-0.15, -0.1) is 10.2 Å². The highest BCUT2D eigenvalue weighted by atomic mass is 32.2. The summed E-state index contributed by atoms with van der Waals surface area (Å²) in [6.45, 7) is 0. The summed E-state index contributed by atoms with van der Waals surface area (Å²) in [5.41, 5.74) is 0.956. The molecule has 2 aromatic heterocycles. The molecule has 6 nitrogen and oxygen atoms in total. The normalized spacial score (nSPS) is 12.3. The van der Waals surface area contributed by atoms with Crippen molar-refractivity contribution in [3.63, 3.8) is 0 Å². The molecule has 1 aromatic carbocycles. The van der Waals surface area contributed by atoms with E-state index in [1.807, 2.05) is 30.3 Å². The van der Waals surface area contributed by atoms with Gasteiger partial charge in [0.25, 0.3) is 0 Å². The van der Waals surface area contributed by atoms with Crippen LogP contribution >= 0.6 is 11.3 Å². The number of carbonyl (C=O) groups is 1. The van der Waals surface area contributed by atoms with Gasteiger partial charge in [0.05, 0.1) is 22.8 Å². The fourth-order valence-electron chi connectivity index (χ4n) is 1.83. The second-order valence-corrected chi connectivity index (χ2v) is 7.29. The topological polar surface area (TPSA) is 85.1 Å². The van der Waals surface area contributed by atoms with Crippen LogP contribution in [0.15, 0.2) is 63.6 Å². The number of anilines is 1. The summed E-state index contributed by atoms with van der Waals surface area (Å²) in [6, 6.07) is 13.0. The first-order chi connectivity index (χ1) is 11.7. The van der Waals surface area contributed by atoms with Crippen LogP contribution in [0.1, 0.15) is 11.3 Å². The first kappa shape index (κ1) is 16.3. The minimum absolute atomic E-state index is 0.306. The number of amides is 1. The highest BCUT2D eigenvalue weighted by Crippen LogP contribution is 2.20. The lowest BCUT2D eigenvalue weighted by atomic mass is 10.2. The molecule has 0 saturated heterocycles. The van der Waals surface area contributed by atoms with Gasteiger partial charge in [-0.3, -0.25) is 14.3 Å². The van der Waals surface area contributed by atoms with Gasteiger partial charge < -0.3 is 4.42 Å². The zero-order valence-corrected chi connectivity index (χ0v) is 14.0. The van der Waals surface area contributed by atoms with Crippen LogP contribution in [0.5, 0.6) is 0 Å². The van der Waals surface area contributed by atoms with E-state index in [-0.39, 0.29) is 5.91 Å². The number of benzene rings is 1. The number of furan rings is 1. The molecule has 2 heterocycles. The highest BCUT2D eigenvalue weighted by molar-refractivity contribution is 7.86. The number of carbonyl (C=O) groups excluding carboxylic acids is 1. The van der Waals surface area contributed by atoms with Crippen LogP contribution in [0.25, 0.3) is 6.08 Å². The third kappa shape index (κ3) is 4.46. The number of hydrogen-bond acceptors (Lipinski definition) is 6. The number of hydrogen-bond donors (Lipinski definition) is 1. The maximum Gasteiger partial charge on any atom is 0.250 e. The Bertz CT molecular complexity index is 858.